The molecule has 3 aromatic rings. The Hall–Kier alpha value is -2.35. The molecule has 0 atom stereocenters. The number of hydrogen-bond acceptors (Lipinski definition) is 2. The molecule has 0 saturated heterocycles. The topological polar surface area (TPSA) is 30.2 Å². The number of rotatable bonds is 2. The predicted molar refractivity (Wildman–Crippen MR) is 76.4 cm³/mol. The Morgan fingerprint density at radius 3 is 2.42 bits per heavy atom. The Balaban J connectivity index is 2.11. The van der Waals surface area contributed by atoms with Gasteiger partial charge in [0.15, 0.2) is 5.78 Å². The van der Waals surface area contributed by atoms with Crippen molar-refractivity contribution in [2.24, 2.45) is 0 Å². The van der Waals surface area contributed by atoms with Gasteiger partial charge in [0.1, 0.15) is 11.3 Å². The van der Waals surface area contributed by atoms with E-state index in [4.69, 9.17) is 4.42 Å². The van der Waals surface area contributed by atoms with Gasteiger partial charge in [-0.3, -0.25) is 4.79 Å². The number of fused-ring (bicyclic) bond motifs is 1. The SMILES string of the molecule is CC(=O)c1ccc2oc(-c3ccc(C)cc3)cc2c1. The third-order valence-corrected chi connectivity index (χ3v) is 3.26. The number of hydrogen-bond donors (Lipinski definition) is 0. The fraction of sp³-hybridized carbons (Fsp3) is 0.118. The van der Waals surface area contributed by atoms with Crippen molar-refractivity contribution in [3.63, 3.8) is 0 Å². The highest BCUT2D eigenvalue weighted by Gasteiger charge is 2.08. The van der Waals surface area contributed by atoms with Gasteiger partial charge in [0.2, 0.25) is 0 Å². The highest BCUT2D eigenvalue weighted by Crippen LogP contribution is 2.28. The second-order valence-electron chi connectivity index (χ2n) is 4.79. The molecule has 2 aromatic carbocycles. The summed E-state index contributed by atoms with van der Waals surface area (Å²) in [6.07, 6.45) is 0. The standard InChI is InChI=1S/C17H14O2/c1-11-3-5-13(6-4-11)17-10-15-9-14(12(2)18)7-8-16(15)19-17/h3-10H,1-2H3. The Labute approximate surface area is 111 Å². The molecule has 0 aliphatic rings. The van der Waals surface area contributed by atoms with Crippen LogP contribution in [0.2, 0.25) is 0 Å². The number of carbonyl (C=O) groups is 1. The summed E-state index contributed by atoms with van der Waals surface area (Å²) in [6.45, 7) is 3.63. The average molecular weight is 250 g/mol. The largest absolute Gasteiger partial charge is 0.456 e. The maximum absolute atomic E-state index is 11.4. The summed E-state index contributed by atoms with van der Waals surface area (Å²) in [5, 5.41) is 0.961. The van der Waals surface area contributed by atoms with Crippen molar-refractivity contribution in [3.05, 3.63) is 59.7 Å². The molecule has 2 heteroatoms. The van der Waals surface area contributed by atoms with Crippen LogP contribution in [0.3, 0.4) is 0 Å². The van der Waals surface area contributed by atoms with Crippen LogP contribution in [0.15, 0.2) is 52.9 Å². The van der Waals surface area contributed by atoms with Crippen LogP contribution in [0.25, 0.3) is 22.3 Å². The van der Waals surface area contributed by atoms with Gasteiger partial charge < -0.3 is 4.42 Å². The summed E-state index contributed by atoms with van der Waals surface area (Å²) >= 11 is 0. The molecule has 19 heavy (non-hydrogen) atoms. The fourth-order valence-corrected chi connectivity index (χ4v) is 2.12. The van der Waals surface area contributed by atoms with Crippen LogP contribution in [-0.2, 0) is 0 Å². The molecule has 94 valence electrons. The van der Waals surface area contributed by atoms with Crippen LogP contribution in [0, 0.1) is 6.92 Å². The van der Waals surface area contributed by atoms with Gasteiger partial charge in [-0.2, -0.15) is 0 Å². The van der Waals surface area contributed by atoms with Crippen molar-refractivity contribution < 1.29 is 9.21 Å². The van der Waals surface area contributed by atoms with Gasteiger partial charge in [0.05, 0.1) is 0 Å². The summed E-state index contributed by atoms with van der Waals surface area (Å²) in [7, 11) is 0. The third-order valence-electron chi connectivity index (χ3n) is 3.26. The van der Waals surface area contributed by atoms with Crippen molar-refractivity contribution in [2.45, 2.75) is 13.8 Å². The maximum Gasteiger partial charge on any atom is 0.159 e. The molecule has 2 nitrogen and oxygen atoms in total. The summed E-state index contributed by atoms with van der Waals surface area (Å²) in [6, 6.07) is 15.7. The molecule has 1 aromatic heterocycles. The molecule has 3 rings (SSSR count). The lowest BCUT2D eigenvalue weighted by Crippen LogP contribution is -1.89. The molecule has 0 radical (unpaired) electrons. The first-order valence-electron chi connectivity index (χ1n) is 6.25. The molecule has 0 bridgehead atoms. The summed E-state index contributed by atoms with van der Waals surface area (Å²) < 4.78 is 5.82. The summed E-state index contributed by atoms with van der Waals surface area (Å²) in [5.74, 6) is 0.899. The minimum atomic E-state index is 0.0694. The number of aryl methyl sites for hydroxylation is 1. The highest BCUT2D eigenvalue weighted by molar-refractivity contribution is 5.98. The van der Waals surface area contributed by atoms with Crippen LogP contribution in [0.4, 0.5) is 0 Å². The molecule has 1 heterocycles. The Morgan fingerprint density at radius 1 is 1.00 bits per heavy atom. The van der Waals surface area contributed by atoms with Crippen LogP contribution < -0.4 is 0 Å². The van der Waals surface area contributed by atoms with E-state index in [9.17, 15) is 4.79 Å². The lowest BCUT2D eigenvalue weighted by Gasteiger charge is -1.96. The molecular formula is C17H14O2. The Kier molecular flexibility index (Phi) is 2.71. The number of carbonyl (C=O) groups excluding carboxylic acids is 1. The monoisotopic (exact) mass is 250 g/mol. The molecule has 0 aliphatic heterocycles. The zero-order chi connectivity index (χ0) is 13.4. The van der Waals surface area contributed by atoms with E-state index in [0.29, 0.717) is 5.56 Å². The fourth-order valence-electron chi connectivity index (χ4n) is 2.12. The van der Waals surface area contributed by atoms with Crippen molar-refractivity contribution in [2.75, 3.05) is 0 Å². The third kappa shape index (κ3) is 2.17. The van der Waals surface area contributed by atoms with Crippen LogP contribution in [0.5, 0.6) is 0 Å². The Bertz CT molecular complexity index is 749. The van der Waals surface area contributed by atoms with Crippen molar-refractivity contribution in [1.82, 2.24) is 0 Å². The van der Waals surface area contributed by atoms with Crippen LogP contribution in [0.1, 0.15) is 22.8 Å². The van der Waals surface area contributed by atoms with E-state index in [-0.39, 0.29) is 5.78 Å². The van der Waals surface area contributed by atoms with Gasteiger partial charge >= 0.3 is 0 Å². The first-order chi connectivity index (χ1) is 9.13. The second kappa shape index (κ2) is 4.39. The molecule has 0 fully saturated rings. The molecule has 0 N–H and O–H groups in total. The zero-order valence-corrected chi connectivity index (χ0v) is 10.9. The van der Waals surface area contributed by atoms with E-state index in [1.165, 1.54) is 5.56 Å². The molecule has 0 aliphatic carbocycles. The number of Topliss-reactive ketones (excluding diaryl/α,β-unsaturated/α-hetero) is 1. The van der Waals surface area contributed by atoms with E-state index in [1.807, 2.05) is 30.3 Å². The first-order valence-corrected chi connectivity index (χ1v) is 6.25. The zero-order valence-electron chi connectivity index (χ0n) is 10.9. The number of benzene rings is 2. The maximum atomic E-state index is 11.4. The molecule has 0 amide bonds. The van der Waals surface area contributed by atoms with Gasteiger partial charge in [-0.25, -0.2) is 0 Å². The first kappa shape index (κ1) is 11.7. The predicted octanol–water partition coefficient (Wildman–Crippen LogP) is 4.61. The van der Waals surface area contributed by atoms with E-state index in [2.05, 4.69) is 19.1 Å². The summed E-state index contributed by atoms with van der Waals surface area (Å²) in [5.41, 5.74) is 3.79. The van der Waals surface area contributed by atoms with Crippen LogP contribution >= 0.6 is 0 Å². The average Bonchev–Trinajstić information content (AvgIpc) is 2.82. The van der Waals surface area contributed by atoms with Crippen molar-refractivity contribution >= 4 is 16.8 Å². The van der Waals surface area contributed by atoms with Crippen molar-refractivity contribution in [3.8, 4) is 11.3 Å². The second-order valence-corrected chi connectivity index (χ2v) is 4.79. The van der Waals surface area contributed by atoms with Gasteiger partial charge in [-0.15, -0.1) is 0 Å². The van der Waals surface area contributed by atoms with E-state index < -0.39 is 0 Å². The quantitative estimate of drug-likeness (QED) is 0.622. The lowest BCUT2D eigenvalue weighted by molar-refractivity contribution is 0.101. The van der Waals surface area contributed by atoms with Gasteiger partial charge in [0.25, 0.3) is 0 Å². The molecule has 0 saturated carbocycles. The summed E-state index contributed by atoms with van der Waals surface area (Å²) in [4.78, 5) is 11.4. The van der Waals surface area contributed by atoms with Crippen molar-refractivity contribution in [1.29, 1.82) is 0 Å². The van der Waals surface area contributed by atoms with E-state index in [0.717, 1.165) is 22.3 Å². The molecule has 0 spiro atoms. The van der Waals surface area contributed by atoms with Crippen LogP contribution in [-0.4, -0.2) is 5.78 Å². The molecular weight excluding hydrogens is 236 g/mol. The highest BCUT2D eigenvalue weighted by atomic mass is 16.3. The minimum Gasteiger partial charge on any atom is -0.456 e. The molecule has 0 unspecified atom stereocenters. The van der Waals surface area contributed by atoms with E-state index >= 15 is 0 Å². The number of furan rings is 1. The smallest absolute Gasteiger partial charge is 0.159 e. The minimum absolute atomic E-state index is 0.0694. The Morgan fingerprint density at radius 2 is 1.74 bits per heavy atom. The number of ketones is 1. The normalized spacial score (nSPS) is 10.8. The van der Waals surface area contributed by atoms with E-state index in [1.54, 1.807) is 13.0 Å². The lowest BCUT2D eigenvalue weighted by atomic mass is 10.1. The van der Waals surface area contributed by atoms with Gasteiger partial charge in [-0.05, 0) is 38.1 Å². The van der Waals surface area contributed by atoms with Gasteiger partial charge in [0, 0.05) is 16.5 Å². The van der Waals surface area contributed by atoms with Gasteiger partial charge in [-0.1, -0.05) is 29.8 Å².